The van der Waals surface area contributed by atoms with Crippen molar-refractivity contribution in [2.75, 3.05) is 5.32 Å². The van der Waals surface area contributed by atoms with Crippen molar-refractivity contribution in [3.63, 3.8) is 0 Å². The van der Waals surface area contributed by atoms with E-state index in [-0.39, 0.29) is 5.56 Å². The van der Waals surface area contributed by atoms with Gasteiger partial charge in [-0.2, -0.15) is 15.2 Å². The van der Waals surface area contributed by atoms with Crippen LogP contribution in [0, 0.1) is 0 Å². The van der Waals surface area contributed by atoms with Crippen LogP contribution in [0.1, 0.15) is 0 Å². The lowest BCUT2D eigenvalue weighted by Gasteiger charge is -2.05. The summed E-state index contributed by atoms with van der Waals surface area (Å²) in [4.78, 5) is 19.3. The summed E-state index contributed by atoms with van der Waals surface area (Å²) in [5.74, 6) is 0.330. The molecule has 8 nitrogen and oxygen atoms in total. The van der Waals surface area contributed by atoms with Gasteiger partial charge in [0, 0.05) is 6.20 Å². The zero-order valence-electron chi connectivity index (χ0n) is 11.3. The minimum absolute atomic E-state index is 0.252. The average molecular weight is 293 g/mol. The Morgan fingerprint density at radius 3 is 2.77 bits per heavy atom. The fourth-order valence-corrected chi connectivity index (χ4v) is 2.19. The van der Waals surface area contributed by atoms with Crippen LogP contribution in [0.2, 0.25) is 0 Å². The standard InChI is InChI=1S/C14H11N7O/c22-13-11-8-17-21(10-4-2-1-3-5-10)12(11)19-14(20-13)18-9-6-15-16-7-9/h1-8H,(H,15,16)(H2,18,19,20,22). The highest BCUT2D eigenvalue weighted by Crippen LogP contribution is 2.16. The molecule has 0 spiro atoms. The number of H-pyrrole nitrogens is 2. The van der Waals surface area contributed by atoms with E-state index in [1.54, 1.807) is 17.1 Å². The molecule has 0 atom stereocenters. The van der Waals surface area contributed by atoms with Gasteiger partial charge in [-0.3, -0.25) is 14.9 Å². The third kappa shape index (κ3) is 2.03. The molecule has 0 bridgehead atoms. The Bertz CT molecular complexity index is 970. The monoisotopic (exact) mass is 293 g/mol. The SMILES string of the molecule is O=c1[nH]c(Nc2cn[nH]c2)nc2c1cnn2-c1ccccc1. The zero-order valence-corrected chi connectivity index (χ0v) is 11.3. The van der Waals surface area contributed by atoms with Gasteiger partial charge in [-0.25, -0.2) is 4.68 Å². The number of aromatic nitrogens is 6. The summed E-state index contributed by atoms with van der Waals surface area (Å²) in [6.07, 6.45) is 4.77. The molecule has 108 valence electrons. The summed E-state index contributed by atoms with van der Waals surface area (Å²) in [7, 11) is 0. The van der Waals surface area contributed by atoms with Crippen LogP contribution >= 0.6 is 0 Å². The number of hydrogen-bond donors (Lipinski definition) is 3. The van der Waals surface area contributed by atoms with E-state index in [0.29, 0.717) is 22.7 Å². The molecule has 0 aliphatic carbocycles. The molecule has 0 saturated carbocycles. The minimum Gasteiger partial charge on any atom is -0.323 e. The molecule has 1 aromatic carbocycles. The molecule has 4 rings (SSSR count). The van der Waals surface area contributed by atoms with Crippen molar-refractivity contribution in [3.8, 4) is 5.69 Å². The first-order valence-electron chi connectivity index (χ1n) is 6.60. The van der Waals surface area contributed by atoms with Crippen LogP contribution in [0.3, 0.4) is 0 Å². The molecular weight excluding hydrogens is 282 g/mol. The second kappa shape index (κ2) is 4.85. The van der Waals surface area contributed by atoms with Crippen LogP contribution in [0.4, 0.5) is 11.6 Å². The van der Waals surface area contributed by atoms with E-state index >= 15 is 0 Å². The first-order valence-corrected chi connectivity index (χ1v) is 6.60. The lowest BCUT2D eigenvalue weighted by Crippen LogP contribution is -2.11. The Hall–Kier alpha value is -3.42. The lowest BCUT2D eigenvalue weighted by molar-refractivity contribution is 0.895. The number of fused-ring (bicyclic) bond motifs is 1. The van der Waals surface area contributed by atoms with Crippen LogP contribution < -0.4 is 10.9 Å². The van der Waals surface area contributed by atoms with Crippen molar-refractivity contribution in [1.29, 1.82) is 0 Å². The molecular formula is C14H11N7O. The Kier molecular flexibility index (Phi) is 2.72. The van der Waals surface area contributed by atoms with Gasteiger partial charge < -0.3 is 5.32 Å². The molecule has 8 heteroatoms. The lowest BCUT2D eigenvalue weighted by atomic mass is 10.3. The molecule has 4 aromatic rings. The second-order valence-corrected chi connectivity index (χ2v) is 4.66. The van der Waals surface area contributed by atoms with Crippen molar-refractivity contribution in [2.45, 2.75) is 0 Å². The third-order valence-electron chi connectivity index (χ3n) is 3.20. The van der Waals surface area contributed by atoms with E-state index in [9.17, 15) is 4.79 Å². The van der Waals surface area contributed by atoms with Gasteiger partial charge in [-0.05, 0) is 12.1 Å². The van der Waals surface area contributed by atoms with Crippen LogP contribution in [0.25, 0.3) is 16.7 Å². The average Bonchev–Trinajstić information content (AvgIpc) is 3.18. The van der Waals surface area contributed by atoms with Crippen molar-refractivity contribution >= 4 is 22.7 Å². The summed E-state index contributed by atoms with van der Waals surface area (Å²) >= 11 is 0. The highest BCUT2D eigenvalue weighted by atomic mass is 16.1. The fourth-order valence-electron chi connectivity index (χ4n) is 2.19. The molecule has 0 unspecified atom stereocenters. The van der Waals surface area contributed by atoms with Crippen molar-refractivity contribution < 1.29 is 0 Å². The summed E-state index contributed by atoms with van der Waals surface area (Å²) in [6.45, 7) is 0. The second-order valence-electron chi connectivity index (χ2n) is 4.66. The van der Waals surface area contributed by atoms with Crippen LogP contribution in [0.5, 0.6) is 0 Å². The highest BCUT2D eigenvalue weighted by Gasteiger charge is 2.11. The molecule has 0 aliphatic rings. The zero-order chi connectivity index (χ0) is 14.9. The van der Waals surface area contributed by atoms with E-state index in [1.807, 2.05) is 30.3 Å². The van der Waals surface area contributed by atoms with E-state index in [4.69, 9.17) is 0 Å². The molecule has 22 heavy (non-hydrogen) atoms. The number of hydrogen-bond acceptors (Lipinski definition) is 5. The normalized spacial score (nSPS) is 10.9. The van der Waals surface area contributed by atoms with Gasteiger partial charge in [-0.15, -0.1) is 0 Å². The molecule has 0 saturated heterocycles. The number of benzene rings is 1. The summed E-state index contributed by atoms with van der Waals surface area (Å²) in [5, 5.41) is 14.2. The maximum absolute atomic E-state index is 12.2. The number of nitrogens with zero attached hydrogens (tertiary/aromatic N) is 4. The number of aromatic amines is 2. The predicted molar refractivity (Wildman–Crippen MR) is 81.4 cm³/mol. The Morgan fingerprint density at radius 1 is 1.14 bits per heavy atom. The quantitative estimate of drug-likeness (QED) is 0.532. The Balaban J connectivity index is 1.87. The topological polar surface area (TPSA) is 104 Å². The number of nitrogens with one attached hydrogen (secondary N) is 3. The van der Waals surface area contributed by atoms with Crippen molar-refractivity contribution in [3.05, 3.63) is 59.3 Å². The Labute approximate surface area is 123 Å². The van der Waals surface area contributed by atoms with Gasteiger partial charge in [0.25, 0.3) is 5.56 Å². The summed E-state index contributed by atoms with van der Waals surface area (Å²) in [5.41, 5.74) is 1.78. The largest absolute Gasteiger partial charge is 0.323 e. The smallest absolute Gasteiger partial charge is 0.263 e. The maximum atomic E-state index is 12.2. The first kappa shape index (κ1) is 12.3. The minimum atomic E-state index is -0.252. The van der Waals surface area contributed by atoms with Crippen molar-refractivity contribution in [1.82, 2.24) is 29.9 Å². The van der Waals surface area contributed by atoms with Gasteiger partial charge in [0.05, 0.1) is 23.8 Å². The van der Waals surface area contributed by atoms with Crippen LogP contribution in [-0.2, 0) is 0 Å². The van der Waals surface area contributed by atoms with Gasteiger partial charge in [0.2, 0.25) is 5.95 Å². The van der Waals surface area contributed by atoms with Gasteiger partial charge in [0.15, 0.2) is 5.65 Å². The summed E-state index contributed by atoms with van der Waals surface area (Å²) in [6, 6.07) is 9.53. The van der Waals surface area contributed by atoms with E-state index in [2.05, 4.69) is 30.6 Å². The van der Waals surface area contributed by atoms with Crippen molar-refractivity contribution in [2.24, 2.45) is 0 Å². The highest BCUT2D eigenvalue weighted by molar-refractivity contribution is 5.76. The fraction of sp³-hybridized carbons (Fsp3) is 0. The van der Waals surface area contributed by atoms with E-state index < -0.39 is 0 Å². The first-order chi connectivity index (χ1) is 10.8. The number of rotatable bonds is 3. The van der Waals surface area contributed by atoms with E-state index in [1.165, 1.54) is 6.20 Å². The summed E-state index contributed by atoms with van der Waals surface area (Å²) < 4.78 is 1.63. The predicted octanol–water partition coefficient (Wildman–Crippen LogP) is 1.58. The molecule has 3 N–H and O–H groups in total. The molecule has 3 aromatic heterocycles. The van der Waals surface area contributed by atoms with Gasteiger partial charge in [0.1, 0.15) is 5.39 Å². The van der Waals surface area contributed by atoms with Gasteiger partial charge >= 0.3 is 0 Å². The maximum Gasteiger partial charge on any atom is 0.263 e. The Morgan fingerprint density at radius 2 is 2.00 bits per heavy atom. The molecule has 0 aliphatic heterocycles. The number of para-hydroxylation sites is 1. The molecule has 0 amide bonds. The van der Waals surface area contributed by atoms with Crippen LogP contribution in [-0.4, -0.2) is 29.9 Å². The molecule has 3 heterocycles. The van der Waals surface area contributed by atoms with E-state index in [0.717, 1.165) is 5.69 Å². The molecule has 0 radical (unpaired) electrons. The molecule has 0 fully saturated rings. The van der Waals surface area contributed by atoms with Gasteiger partial charge in [-0.1, -0.05) is 18.2 Å². The van der Waals surface area contributed by atoms with Crippen LogP contribution in [0.15, 0.2) is 53.7 Å². The third-order valence-corrected chi connectivity index (χ3v) is 3.20. The number of anilines is 2.